The predicted molar refractivity (Wildman–Crippen MR) is 74.6 cm³/mol. The first-order valence-electron chi connectivity index (χ1n) is 6.06. The van der Waals surface area contributed by atoms with Gasteiger partial charge in [0.25, 0.3) is 0 Å². The van der Waals surface area contributed by atoms with Crippen LogP contribution >= 0.6 is 27.5 Å². The topological polar surface area (TPSA) is 29.0 Å². The second-order valence-corrected chi connectivity index (χ2v) is 5.89. The van der Waals surface area contributed by atoms with Crippen LogP contribution in [0.2, 0.25) is 5.28 Å². The number of hydrogen-bond acceptors (Lipinski definition) is 3. The molecule has 1 aromatic rings. The highest BCUT2D eigenvalue weighted by molar-refractivity contribution is 9.10. The van der Waals surface area contributed by atoms with Crippen LogP contribution in [0.25, 0.3) is 0 Å². The maximum absolute atomic E-state index is 5.83. The lowest BCUT2D eigenvalue weighted by atomic mass is 9.89. The highest BCUT2D eigenvalue weighted by Gasteiger charge is 2.17. The number of rotatable bonds is 3. The third kappa shape index (κ3) is 3.55. The number of aromatic nitrogens is 2. The third-order valence-corrected chi connectivity index (χ3v) is 4.06. The molecule has 17 heavy (non-hydrogen) atoms. The Morgan fingerprint density at radius 2 is 2.12 bits per heavy atom. The van der Waals surface area contributed by atoms with E-state index in [9.17, 15) is 0 Å². The van der Waals surface area contributed by atoms with Crippen molar-refractivity contribution in [1.82, 2.24) is 9.97 Å². The predicted octanol–water partition coefficient (Wildman–Crippen LogP) is 3.91. The summed E-state index contributed by atoms with van der Waals surface area (Å²) >= 11 is 9.30. The highest BCUT2D eigenvalue weighted by atomic mass is 79.9. The number of halogens is 2. The van der Waals surface area contributed by atoms with Crippen LogP contribution in [0.15, 0.2) is 10.7 Å². The van der Waals surface area contributed by atoms with E-state index in [4.69, 9.17) is 11.6 Å². The molecule has 0 bridgehead atoms. The van der Waals surface area contributed by atoms with Gasteiger partial charge in [0.2, 0.25) is 5.28 Å². The molecule has 5 heteroatoms. The summed E-state index contributed by atoms with van der Waals surface area (Å²) in [6, 6.07) is 0. The van der Waals surface area contributed by atoms with Crippen molar-refractivity contribution < 1.29 is 0 Å². The van der Waals surface area contributed by atoms with E-state index in [1.165, 1.54) is 32.1 Å². The number of nitrogens with zero attached hydrogens (tertiary/aromatic N) is 3. The summed E-state index contributed by atoms with van der Waals surface area (Å²) in [5.74, 6) is 1.67. The van der Waals surface area contributed by atoms with Crippen molar-refractivity contribution in [1.29, 1.82) is 0 Å². The zero-order valence-corrected chi connectivity index (χ0v) is 12.3. The first-order chi connectivity index (χ1) is 8.16. The lowest BCUT2D eigenvalue weighted by molar-refractivity contribution is 0.361. The fraction of sp³-hybridized carbons (Fsp3) is 0.667. The van der Waals surface area contributed by atoms with Gasteiger partial charge >= 0.3 is 0 Å². The Kier molecular flexibility index (Phi) is 4.62. The minimum atomic E-state index is 0.304. The van der Waals surface area contributed by atoms with Crippen LogP contribution in [0.5, 0.6) is 0 Å². The van der Waals surface area contributed by atoms with Gasteiger partial charge in [0.1, 0.15) is 5.82 Å². The molecule has 1 aliphatic rings. The van der Waals surface area contributed by atoms with Crippen LogP contribution in [0, 0.1) is 5.92 Å². The van der Waals surface area contributed by atoms with Gasteiger partial charge in [-0.25, -0.2) is 4.98 Å². The average Bonchev–Trinajstić information content (AvgIpc) is 2.33. The Hall–Kier alpha value is -0.350. The molecule has 1 heterocycles. The van der Waals surface area contributed by atoms with E-state index in [1.807, 2.05) is 0 Å². The molecule has 0 aromatic carbocycles. The van der Waals surface area contributed by atoms with E-state index in [0.29, 0.717) is 5.28 Å². The van der Waals surface area contributed by atoms with Gasteiger partial charge in [-0.3, -0.25) is 0 Å². The fourth-order valence-electron chi connectivity index (χ4n) is 2.45. The van der Waals surface area contributed by atoms with Crippen molar-refractivity contribution in [3.63, 3.8) is 0 Å². The summed E-state index contributed by atoms with van der Waals surface area (Å²) < 4.78 is 0.903. The van der Waals surface area contributed by atoms with Gasteiger partial charge in [-0.2, -0.15) is 4.98 Å². The quantitative estimate of drug-likeness (QED) is 0.791. The standard InChI is InChI=1S/C12H17BrClN3/c1-17(8-9-5-3-2-4-6-9)11-10(13)7-15-12(14)16-11/h7,9H,2-6,8H2,1H3. The largest absolute Gasteiger partial charge is 0.358 e. The van der Waals surface area contributed by atoms with Gasteiger partial charge in [-0.05, 0) is 46.3 Å². The third-order valence-electron chi connectivity index (χ3n) is 3.31. The van der Waals surface area contributed by atoms with Crippen molar-refractivity contribution in [2.75, 3.05) is 18.5 Å². The molecule has 0 saturated heterocycles. The lowest BCUT2D eigenvalue weighted by Gasteiger charge is -2.28. The molecule has 0 N–H and O–H groups in total. The second kappa shape index (κ2) is 6.01. The maximum atomic E-state index is 5.83. The van der Waals surface area contributed by atoms with Crippen LogP contribution in [0.3, 0.4) is 0 Å². The Balaban J connectivity index is 2.02. The average molecular weight is 319 g/mol. The molecule has 0 atom stereocenters. The maximum Gasteiger partial charge on any atom is 0.224 e. The normalized spacial score (nSPS) is 17.1. The fourth-order valence-corrected chi connectivity index (χ4v) is 3.07. The molecule has 0 unspecified atom stereocenters. The smallest absolute Gasteiger partial charge is 0.224 e. The summed E-state index contributed by atoms with van der Waals surface area (Å²) in [6.45, 7) is 1.05. The summed E-state index contributed by atoms with van der Waals surface area (Å²) in [6.07, 6.45) is 8.50. The lowest BCUT2D eigenvalue weighted by Crippen LogP contribution is -2.27. The van der Waals surface area contributed by atoms with Crippen molar-refractivity contribution >= 4 is 33.3 Å². The summed E-state index contributed by atoms with van der Waals surface area (Å²) in [7, 11) is 2.07. The van der Waals surface area contributed by atoms with E-state index in [2.05, 4.69) is 37.8 Å². The van der Waals surface area contributed by atoms with E-state index in [1.54, 1.807) is 6.20 Å². The Labute approximate surface area is 116 Å². The van der Waals surface area contributed by atoms with Crippen LogP contribution in [0.4, 0.5) is 5.82 Å². The minimum Gasteiger partial charge on any atom is -0.358 e. The summed E-state index contributed by atoms with van der Waals surface area (Å²) in [5, 5.41) is 0.304. The zero-order chi connectivity index (χ0) is 12.3. The molecule has 94 valence electrons. The Bertz CT molecular complexity index is 380. The van der Waals surface area contributed by atoms with Crippen molar-refractivity contribution in [3.8, 4) is 0 Å². The summed E-state index contributed by atoms with van der Waals surface area (Å²) in [5.41, 5.74) is 0. The molecule has 1 aliphatic carbocycles. The molecule has 3 nitrogen and oxygen atoms in total. The summed E-state index contributed by atoms with van der Waals surface area (Å²) in [4.78, 5) is 10.4. The monoisotopic (exact) mass is 317 g/mol. The van der Waals surface area contributed by atoms with Gasteiger partial charge in [-0.1, -0.05) is 19.3 Å². The molecular weight excluding hydrogens is 302 g/mol. The van der Waals surface area contributed by atoms with Gasteiger partial charge in [-0.15, -0.1) is 0 Å². The molecule has 1 saturated carbocycles. The highest BCUT2D eigenvalue weighted by Crippen LogP contribution is 2.28. The van der Waals surface area contributed by atoms with Crippen LogP contribution in [-0.4, -0.2) is 23.6 Å². The Morgan fingerprint density at radius 1 is 1.41 bits per heavy atom. The van der Waals surface area contributed by atoms with Gasteiger partial charge in [0, 0.05) is 19.8 Å². The van der Waals surface area contributed by atoms with Crippen LogP contribution in [0.1, 0.15) is 32.1 Å². The van der Waals surface area contributed by atoms with Crippen molar-refractivity contribution in [2.24, 2.45) is 5.92 Å². The number of hydrogen-bond donors (Lipinski definition) is 0. The first-order valence-corrected chi connectivity index (χ1v) is 7.23. The van der Waals surface area contributed by atoms with Crippen LogP contribution < -0.4 is 4.90 Å². The zero-order valence-electron chi connectivity index (χ0n) is 9.99. The molecule has 1 fully saturated rings. The first kappa shape index (κ1) is 13.1. The number of anilines is 1. The van der Waals surface area contributed by atoms with Crippen LogP contribution in [-0.2, 0) is 0 Å². The van der Waals surface area contributed by atoms with E-state index >= 15 is 0 Å². The van der Waals surface area contributed by atoms with Crippen molar-refractivity contribution in [2.45, 2.75) is 32.1 Å². The molecule has 0 amide bonds. The second-order valence-electron chi connectivity index (χ2n) is 4.70. The molecule has 2 rings (SSSR count). The van der Waals surface area contributed by atoms with Gasteiger partial charge in [0.15, 0.2) is 0 Å². The Morgan fingerprint density at radius 3 is 2.82 bits per heavy atom. The van der Waals surface area contributed by atoms with Crippen molar-refractivity contribution in [3.05, 3.63) is 16.0 Å². The van der Waals surface area contributed by atoms with E-state index in [0.717, 1.165) is 22.8 Å². The molecule has 1 aromatic heterocycles. The molecular formula is C12H17BrClN3. The van der Waals surface area contributed by atoms with E-state index in [-0.39, 0.29) is 0 Å². The SMILES string of the molecule is CN(CC1CCCCC1)c1nc(Cl)ncc1Br. The molecule has 0 spiro atoms. The minimum absolute atomic E-state index is 0.304. The van der Waals surface area contributed by atoms with E-state index < -0.39 is 0 Å². The van der Waals surface area contributed by atoms with Gasteiger partial charge in [0.05, 0.1) is 4.47 Å². The molecule has 0 radical (unpaired) electrons. The molecule has 0 aliphatic heterocycles. The van der Waals surface area contributed by atoms with Gasteiger partial charge < -0.3 is 4.90 Å².